The summed E-state index contributed by atoms with van der Waals surface area (Å²) >= 11 is 0. The Hall–Kier alpha value is -0.520. The topological polar surface area (TPSA) is 0 Å². The minimum Gasteiger partial charge on any atom is -0.103 e. The van der Waals surface area contributed by atoms with Crippen LogP contribution in [0.2, 0.25) is 0 Å². The molecule has 0 rings (SSSR count). The zero-order chi connectivity index (χ0) is 8.53. The maximum absolute atomic E-state index is 3.71. The third-order valence-electron chi connectivity index (χ3n) is 1.88. The van der Waals surface area contributed by atoms with Gasteiger partial charge in [0.2, 0.25) is 0 Å². The first-order valence-corrected chi connectivity index (χ1v) is 4.53. The first-order chi connectivity index (χ1) is 5.31. The van der Waals surface area contributed by atoms with Crippen molar-refractivity contribution < 1.29 is 0 Å². The van der Waals surface area contributed by atoms with E-state index in [1.807, 2.05) is 6.08 Å². The van der Waals surface area contributed by atoms with E-state index in [2.05, 4.69) is 32.6 Å². The first kappa shape index (κ1) is 10.5. The number of rotatable bonds is 6. The van der Waals surface area contributed by atoms with Crippen LogP contribution in [-0.4, -0.2) is 0 Å². The Bertz CT molecular complexity index is 111. The Morgan fingerprint density at radius 1 is 1.45 bits per heavy atom. The second kappa shape index (κ2) is 7.59. The summed E-state index contributed by atoms with van der Waals surface area (Å²) in [6.45, 7) is 8.09. The smallest absolute Gasteiger partial charge is 0.0325 e. The van der Waals surface area contributed by atoms with Crippen LogP contribution in [0.25, 0.3) is 0 Å². The number of hydrogen-bond acceptors (Lipinski definition) is 0. The molecule has 0 heterocycles. The van der Waals surface area contributed by atoms with Gasteiger partial charge in [-0.15, -0.1) is 6.58 Å². The van der Waals surface area contributed by atoms with Gasteiger partial charge in [-0.2, -0.15) is 0 Å². The van der Waals surface area contributed by atoms with Crippen molar-refractivity contribution in [2.45, 2.75) is 39.5 Å². The molecule has 0 saturated carbocycles. The second-order valence-electron chi connectivity index (χ2n) is 3.13. The lowest BCUT2D eigenvalue weighted by Gasteiger charge is -2.06. The van der Waals surface area contributed by atoms with Gasteiger partial charge in [-0.1, -0.05) is 31.6 Å². The lowest BCUT2D eigenvalue weighted by Crippen LogP contribution is -1.91. The summed E-state index contributed by atoms with van der Waals surface area (Å²) in [7, 11) is 0. The molecular formula is C11H20. The van der Waals surface area contributed by atoms with Crippen LogP contribution in [0.4, 0.5) is 0 Å². The van der Waals surface area contributed by atoms with Crippen LogP contribution in [0.15, 0.2) is 24.8 Å². The van der Waals surface area contributed by atoms with Gasteiger partial charge < -0.3 is 0 Å². The van der Waals surface area contributed by atoms with Crippen molar-refractivity contribution >= 4 is 0 Å². The molecular weight excluding hydrogens is 132 g/mol. The van der Waals surface area contributed by atoms with E-state index in [0.717, 1.165) is 5.92 Å². The molecule has 1 unspecified atom stereocenters. The van der Waals surface area contributed by atoms with E-state index in [1.54, 1.807) is 0 Å². The fourth-order valence-corrected chi connectivity index (χ4v) is 1.10. The minimum atomic E-state index is 0.839. The number of allylic oxidation sites excluding steroid dienone is 3. The molecule has 0 aromatic heterocycles. The van der Waals surface area contributed by atoms with Gasteiger partial charge in [0.25, 0.3) is 0 Å². The molecule has 0 heteroatoms. The Morgan fingerprint density at radius 2 is 2.18 bits per heavy atom. The van der Waals surface area contributed by atoms with Crippen LogP contribution >= 0.6 is 0 Å². The average Bonchev–Trinajstić information content (AvgIpc) is 2.01. The van der Waals surface area contributed by atoms with Crippen molar-refractivity contribution in [1.82, 2.24) is 0 Å². The van der Waals surface area contributed by atoms with E-state index in [-0.39, 0.29) is 0 Å². The van der Waals surface area contributed by atoms with Gasteiger partial charge in [-0.25, -0.2) is 0 Å². The van der Waals surface area contributed by atoms with Crippen LogP contribution in [0.5, 0.6) is 0 Å². The third-order valence-corrected chi connectivity index (χ3v) is 1.88. The van der Waals surface area contributed by atoms with Gasteiger partial charge in [0.1, 0.15) is 0 Å². The maximum atomic E-state index is 3.71. The molecule has 0 aliphatic heterocycles. The Morgan fingerprint density at radius 3 is 2.73 bits per heavy atom. The Balaban J connectivity index is 3.21. The molecule has 0 N–H and O–H groups in total. The Labute approximate surface area is 71.0 Å². The molecule has 0 saturated heterocycles. The predicted molar refractivity (Wildman–Crippen MR) is 52.6 cm³/mol. The van der Waals surface area contributed by atoms with Crippen molar-refractivity contribution in [1.29, 1.82) is 0 Å². The van der Waals surface area contributed by atoms with E-state index >= 15 is 0 Å². The summed E-state index contributed by atoms with van der Waals surface area (Å²) < 4.78 is 0. The lowest BCUT2D eigenvalue weighted by atomic mass is 10.0. The SMILES string of the molecule is C=CCCCC(C)CC=CC. The first-order valence-electron chi connectivity index (χ1n) is 4.53. The van der Waals surface area contributed by atoms with Crippen LogP contribution in [0, 0.1) is 5.92 Å². The highest BCUT2D eigenvalue weighted by molar-refractivity contribution is 4.79. The van der Waals surface area contributed by atoms with Crippen molar-refractivity contribution in [2.24, 2.45) is 5.92 Å². The molecule has 0 aliphatic carbocycles. The molecule has 0 amide bonds. The third kappa shape index (κ3) is 7.38. The second-order valence-corrected chi connectivity index (χ2v) is 3.13. The molecule has 11 heavy (non-hydrogen) atoms. The van der Waals surface area contributed by atoms with E-state index in [9.17, 15) is 0 Å². The summed E-state index contributed by atoms with van der Waals surface area (Å²) in [5.74, 6) is 0.839. The van der Waals surface area contributed by atoms with E-state index in [1.165, 1.54) is 25.7 Å². The zero-order valence-electron chi connectivity index (χ0n) is 7.84. The summed E-state index contributed by atoms with van der Waals surface area (Å²) in [6.07, 6.45) is 11.4. The molecule has 0 aromatic carbocycles. The van der Waals surface area contributed by atoms with Crippen molar-refractivity contribution in [2.75, 3.05) is 0 Å². The largest absolute Gasteiger partial charge is 0.103 e. The summed E-state index contributed by atoms with van der Waals surface area (Å²) in [4.78, 5) is 0. The van der Waals surface area contributed by atoms with Gasteiger partial charge in [-0.3, -0.25) is 0 Å². The fraction of sp³-hybridized carbons (Fsp3) is 0.636. The monoisotopic (exact) mass is 152 g/mol. The van der Waals surface area contributed by atoms with Crippen LogP contribution < -0.4 is 0 Å². The van der Waals surface area contributed by atoms with Gasteiger partial charge in [0.05, 0.1) is 0 Å². The lowest BCUT2D eigenvalue weighted by molar-refractivity contribution is 0.519. The average molecular weight is 152 g/mol. The van der Waals surface area contributed by atoms with Gasteiger partial charge in [-0.05, 0) is 32.1 Å². The van der Waals surface area contributed by atoms with E-state index < -0.39 is 0 Å². The van der Waals surface area contributed by atoms with Crippen molar-refractivity contribution in [3.05, 3.63) is 24.8 Å². The highest BCUT2D eigenvalue weighted by atomic mass is 14.0. The number of unbranched alkanes of at least 4 members (excludes halogenated alkanes) is 1. The summed E-state index contributed by atoms with van der Waals surface area (Å²) in [5.41, 5.74) is 0. The summed E-state index contributed by atoms with van der Waals surface area (Å²) in [5, 5.41) is 0. The van der Waals surface area contributed by atoms with Crippen molar-refractivity contribution in [3.8, 4) is 0 Å². The molecule has 0 spiro atoms. The molecule has 0 aromatic rings. The molecule has 0 fully saturated rings. The molecule has 0 nitrogen and oxygen atoms in total. The predicted octanol–water partition coefficient (Wildman–Crippen LogP) is 3.95. The fourth-order valence-electron chi connectivity index (χ4n) is 1.10. The maximum Gasteiger partial charge on any atom is -0.0325 e. The van der Waals surface area contributed by atoms with E-state index in [0.29, 0.717) is 0 Å². The Kier molecular flexibility index (Phi) is 7.23. The minimum absolute atomic E-state index is 0.839. The van der Waals surface area contributed by atoms with Crippen LogP contribution in [0.1, 0.15) is 39.5 Å². The van der Waals surface area contributed by atoms with Crippen molar-refractivity contribution in [3.63, 3.8) is 0 Å². The van der Waals surface area contributed by atoms with Crippen LogP contribution in [-0.2, 0) is 0 Å². The molecule has 1 atom stereocenters. The zero-order valence-corrected chi connectivity index (χ0v) is 7.84. The van der Waals surface area contributed by atoms with Gasteiger partial charge in [0, 0.05) is 0 Å². The molecule has 64 valence electrons. The normalized spacial score (nSPS) is 13.6. The molecule has 0 bridgehead atoms. The van der Waals surface area contributed by atoms with Crippen LogP contribution in [0.3, 0.4) is 0 Å². The van der Waals surface area contributed by atoms with E-state index in [4.69, 9.17) is 0 Å². The van der Waals surface area contributed by atoms with Gasteiger partial charge >= 0.3 is 0 Å². The number of hydrogen-bond donors (Lipinski definition) is 0. The quantitative estimate of drug-likeness (QED) is 0.399. The highest BCUT2D eigenvalue weighted by Gasteiger charge is 1.97. The molecule has 0 aliphatic rings. The highest BCUT2D eigenvalue weighted by Crippen LogP contribution is 2.12. The standard InChI is InChI=1S/C11H20/c1-4-6-8-10-11(3)9-7-5-2/h4-5,7,11H,1,6,8-10H2,2-3H3. The summed E-state index contributed by atoms with van der Waals surface area (Å²) in [6, 6.07) is 0. The van der Waals surface area contributed by atoms with Gasteiger partial charge in [0.15, 0.2) is 0 Å². The molecule has 0 radical (unpaired) electrons.